The second-order valence-electron chi connectivity index (χ2n) is 8.33. The monoisotopic (exact) mass is 484 g/mol. The number of aromatic nitrogens is 2. The van der Waals surface area contributed by atoms with E-state index in [1.807, 2.05) is 37.4 Å². The summed E-state index contributed by atoms with van der Waals surface area (Å²) in [6.07, 6.45) is 1.03. The quantitative estimate of drug-likeness (QED) is 0.307. The molecule has 6 nitrogen and oxygen atoms in total. The summed E-state index contributed by atoms with van der Waals surface area (Å²) < 4.78 is 43.0. The molecule has 0 aliphatic carbocycles. The Morgan fingerprint density at radius 2 is 2.06 bits per heavy atom. The molecule has 1 unspecified atom stereocenters. The number of fused-ring (bicyclic) bond motifs is 1. The molecule has 10 heteroatoms. The number of aromatic amines is 1. The average molecular weight is 485 g/mol. The van der Waals surface area contributed by atoms with E-state index in [4.69, 9.17) is 0 Å². The predicted octanol–water partition coefficient (Wildman–Crippen LogP) is 5.81. The van der Waals surface area contributed by atoms with Crippen molar-refractivity contribution in [1.29, 1.82) is 5.26 Å². The van der Waals surface area contributed by atoms with E-state index in [1.54, 1.807) is 0 Å². The first-order valence-corrected chi connectivity index (χ1v) is 11.1. The second kappa shape index (κ2) is 8.83. The van der Waals surface area contributed by atoms with Crippen LogP contribution in [0.5, 0.6) is 0 Å². The number of aliphatic carboxylic acids is 1. The molecule has 4 rings (SSSR count). The van der Waals surface area contributed by atoms with Gasteiger partial charge in [-0.25, -0.2) is 18.2 Å². The molecule has 0 saturated carbocycles. The molecule has 3 aromatic heterocycles. The Kier molecular flexibility index (Phi) is 6.06. The maximum absolute atomic E-state index is 15.0. The Labute approximate surface area is 196 Å². The highest BCUT2D eigenvalue weighted by Gasteiger charge is 2.35. The van der Waals surface area contributed by atoms with Crippen LogP contribution in [0.2, 0.25) is 0 Å². The molecule has 0 aliphatic rings. The van der Waals surface area contributed by atoms with Crippen LogP contribution >= 0.6 is 11.3 Å². The fourth-order valence-electron chi connectivity index (χ4n) is 3.87. The summed E-state index contributed by atoms with van der Waals surface area (Å²) in [6.45, 7) is 3.68. The summed E-state index contributed by atoms with van der Waals surface area (Å²) in [6, 6.07) is 7.59. The number of thiophene rings is 1. The van der Waals surface area contributed by atoms with Crippen molar-refractivity contribution < 1.29 is 23.1 Å². The summed E-state index contributed by atoms with van der Waals surface area (Å²) in [7, 11) is 0. The number of carbonyl (C=O) groups is 1. The number of H-pyrrole nitrogens is 1. The molecule has 0 aliphatic heterocycles. The molecule has 3 heterocycles. The number of nitriles is 1. The molecule has 4 aromatic rings. The maximum atomic E-state index is 15.0. The number of anilines is 1. The highest BCUT2D eigenvalue weighted by atomic mass is 32.1. The van der Waals surface area contributed by atoms with E-state index in [1.165, 1.54) is 17.5 Å². The van der Waals surface area contributed by atoms with E-state index in [9.17, 15) is 28.3 Å². The molecular formula is C24H19F3N4O2S. The third-order valence-corrected chi connectivity index (χ3v) is 6.98. The molecule has 0 saturated heterocycles. The van der Waals surface area contributed by atoms with Crippen molar-refractivity contribution in [2.45, 2.75) is 31.7 Å². The van der Waals surface area contributed by atoms with Crippen molar-refractivity contribution >= 4 is 34.0 Å². The van der Waals surface area contributed by atoms with Gasteiger partial charge in [0.05, 0.1) is 23.2 Å². The first kappa shape index (κ1) is 23.3. The number of nitrogens with one attached hydrogen (secondary N) is 2. The van der Waals surface area contributed by atoms with Crippen LogP contribution in [0.15, 0.2) is 41.9 Å². The standard InChI is InChI=1S/C24H19F3N4O2S/c1-24(2,19-4-3-5-34-19)18(9-20(32)33)30-23-17(27)6-12(10-28)21(31-23)15-11-29-22-14(15)7-13(25)8-16(22)26/h3-8,11,18,29H,9H2,1-2H3,(H,30,31)(H,32,33). The van der Waals surface area contributed by atoms with Crippen molar-refractivity contribution in [2.24, 2.45) is 0 Å². The lowest BCUT2D eigenvalue weighted by atomic mass is 9.81. The molecular weight excluding hydrogens is 465 g/mol. The van der Waals surface area contributed by atoms with Gasteiger partial charge < -0.3 is 15.4 Å². The third kappa shape index (κ3) is 4.22. The van der Waals surface area contributed by atoms with Gasteiger partial charge in [0.25, 0.3) is 0 Å². The van der Waals surface area contributed by atoms with Gasteiger partial charge >= 0.3 is 5.97 Å². The molecule has 174 valence electrons. The summed E-state index contributed by atoms with van der Waals surface area (Å²) in [4.78, 5) is 19.5. The van der Waals surface area contributed by atoms with Crippen LogP contribution < -0.4 is 5.32 Å². The molecule has 0 spiro atoms. The van der Waals surface area contributed by atoms with E-state index < -0.39 is 34.9 Å². The smallest absolute Gasteiger partial charge is 0.305 e. The van der Waals surface area contributed by atoms with Crippen molar-refractivity contribution in [3.8, 4) is 17.3 Å². The maximum Gasteiger partial charge on any atom is 0.305 e. The highest BCUT2D eigenvalue weighted by Crippen LogP contribution is 2.36. The van der Waals surface area contributed by atoms with Crippen LogP contribution in [0.25, 0.3) is 22.2 Å². The number of carboxylic acid groups (broad SMARTS) is 1. The van der Waals surface area contributed by atoms with Crippen molar-refractivity contribution in [3.63, 3.8) is 0 Å². The van der Waals surface area contributed by atoms with Crippen LogP contribution in [0.3, 0.4) is 0 Å². The van der Waals surface area contributed by atoms with Gasteiger partial charge in [-0.2, -0.15) is 5.26 Å². The molecule has 1 atom stereocenters. The van der Waals surface area contributed by atoms with E-state index in [2.05, 4.69) is 15.3 Å². The van der Waals surface area contributed by atoms with Gasteiger partial charge in [0.2, 0.25) is 0 Å². The van der Waals surface area contributed by atoms with Crippen LogP contribution in [0.1, 0.15) is 30.7 Å². The van der Waals surface area contributed by atoms with Crippen molar-refractivity contribution in [2.75, 3.05) is 5.32 Å². The van der Waals surface area contributed by atoms with Crippen molar-refractivity contribution in [1.82, 2.24) is 9.97 Å². The SMILES string of the molecule is CC(C)(c1cccs1)C(CC(=O)O)Nc1nc(-c2c[nH]c3c(F)cc(F)cc23)c(C#N)cc1F. The highest BCUT2D eigenvalue weighted by molar-refractivity contribution is 7.10. The van der Waals surface area contributed by atoms with Gasteiger partial charge in [0.15, 0.2) is 11.6 Å². The van der Waals surface area contributed by atoms with Crippen LogP contribution in [-0.2, 0) is 10.2 Å². The zero-order valence-corrected chi connectivity index (χ0v) is 18.9. The van der Waals surface area contributed by atoms with Crippen molar-refractivity contribution in [3.05, 3.63) is 69.8 Å². The molecule has 0 amide bonds. The topological polar surface area (TPSA) is 102 Å². The third-order valence-electron chi connectivity index (χ3n) is 5.77. The van der Waals surface area contributed by atoms with E-state index >= 15 is 0 Å². The summed E-state index contributed by atoms with van der Waals surface area (Å²) in [5.74, 6) is -3.84. The normalized spacial score (nSPS) is 12.5. The Hall–Kier alpha value is -3.84. The Balaban J connectivity index is 1.83. The van der Waals surface area contributed by atoms with Gasteiger partial charge in [-0.1, -0.05) is 19.9 Å². The number of pyridine rings is 1. The zero-order chi connectivity index (χ0) is 24.6. The summed E-state index contributed by atoms with van der Waals surface area (Å²) in [5, 5.41) is 23.9. The van der Waals surface area contributed by atoms with Gasteiger partial charge in [-0.05, 0) is 23.6 Å². The lowest BCUT2D eigenvalue weighted by Crippen LogP contribution is -2.41. The Morgan fingerprint density at radius 3 is 2.71 bits per heavy atom. The molecule has 0 radical (unpaired) electrons. The van der Waals surface area contributed by atoms with Crippen LogP contribution in [0.4, 0.5) is 19.0 Å². The van der Waals surface area contributed by atoms with Crippen LogP contribution in [0, 0.1) is 28.8 Å². The first-order valence-electron chi connectivity index (χ1n) is 10.2. The Bertz CT molecular complexity index is 1420. The summed E-state index contributed by atoms with van der Waals surface area (Å²) in [5.41, 5.74) is -0.614. The molecule has 1 aromatic carbocycles. The second-order valence-corrected chi connectivity index (χ2v) is 9.28. The number of nitrogens with zero attached hydrogens (tertiary/aromatic N) is 2. The van der Waals surface area contributed by atoms with Gasteiger partial charge in [0.1, 0.15) is 17.7 Å². The van der Waals surface area contributed by atoms with E-state index in [-0.39, 0.29) is 40.0 Å². The van der Waals surface area contributed by atoms with E-state index in [0.29, 0.717) is 0 Å². The van der Waals surface area contributed by atoms with Gasteiger partial charge in [0, 0.05) is 39.5 Å². The number of carboxylic acids is 1. The minimum Gasteiger partial charge on any atom is -0.481 e. The van der Waals surface area contributed by atoms with Gasteiger partial charge in [-0.15, -0.1) is 11.3 Å². The van der Waals surface area contributed by atoms with E-state index in [0.717, 1.165) is 23.1 Å². The minimum atomic E-state index is -1.08. The average Bonchev–Trinajstić information content (AvgIpc) is 3.44. The minimum absolute atomic E-state index is 0.00524. The fourth-order valence-corrected chi connectivity index (χ4v) is 4.78. The number of benzene rings is 1. The number of hydrogen-bond donors (Lipinski definition) is 3. The molecule has 3 N–H and O–H groups in total. The van der Waals surface area contributed by atoms with Crippen LogP contribution in [-0.4, -0.2) is 27.1 Å². The molecule has 34 heavy (non-hydrogen) atoms. The fraction of sp³-hybridized carbons (Fsp3) is 0.208. The predicted molar refractivity (Wildman–Crippen MR) is 123 cm³/mol. The first-order chi connectivity index (χ1) is 16.1. The zero-order valence-electron chi connectivity index (χ0n) is 18.1. The lowest BCUT2D eigenvalue weighted by molar-refractivity contribution is -0.137. The Morgan fingerprint density at radius 1 is 1.29 bits per heavy atom. The molecule has 0 fully saturated rings. The number of hydrogen-bond acceptors (Lipinski definition) is 5. The number of rotatable bonds is 7. The number of halogens is 3. The summed E-state index contributed by atoms with van der Waals surface area (Å²) >= 11 is 1.45. The largest absolute Gasteiger partial charge is 0.481 e. The molecule has 0 bridgehead atoms. The van der Waals surface area contributed by atoms with Gasteiger partial charge in [-0.3, -0.25) is 4.79 Å². The lowest BCUT2D eigenvalue weighted by Gasteiger charge is -2.34.